The Bertz CT molecular complexity index is 1180. The first-order chi connectivity index (χ1) is 13.9. The van der Waals surface area contributed by atoms with E-state index in [-0.39, 0.29) is 5.78 Å². The minimum Gasteiger partial charge on any atom is -0.344 e. The molecule has 1 aromatic heterocycles. The number of carbonyl (C=O) groups excluding carboxylic acids is 1. The zero-order chi connectivity index (χ0) is 22.7. The predicted octanol–water partition coefficient (Wildman–Crippen LogP) is 7.31. The minimum atomic E-state index is 0.258. The molecule has 0 N–H and O–H groups in total. The van der Waals surface area contributed by atoms with Crippen molar-refractivity contribution in [2.24, 2.45) is 0 Å². The van der Waals surface area contributed by atoms with Crippen LogP contribution in [-0.4, -0.2) is 10.4 Å². The second-order valence-electron chi connectivity index (χ2n) is 9.26. The van der Waals surface area contributed by atoms with Gasteiger partial charge in [-0.3, -0.25) is 4.79 Å². The molecule has 2 nitrogen and oxygen atoms in total. The standard InChI is InChI=1S/C28H37NO/c1-14-15(2)19(6)26(20(7)16(14)3)25(30)12-13-29-24(11)23(10)27-21(8)17(4)18(5)22(9)28(27)29/h12-13H2,1-11H3. The summed E-state index contributed by atoms with van der Waals surface area (Å²) in [6.07, 6.45) is 0.527. The van der Waals surface area contributed by atoms with E-state index in [4.69, 9.17) is 0 Å². The summed E-state index contributed by atoms with van der Waals surface area (Å²) in [7, 11) is 0. The highest BCUT2D eigenvalue weighted by atomic mass is 16.1. The summed E-state index contributed by atoms with van der Waals surface area (Å²) >= 11 is 0. The Labute approximate surface area is 182 Å². The van der Waals surface area contributed by atoms with Crippen molar-refractivity contribution in [2.75, 3.05) is 0 Å². The van der Waals surface area contributed by atoms with Crippen molar-refractivity contribution in [2.45, 2.75) is 89.1 Å². The summed E-state index contributed by atoms with van der Waals surface area (Å²) in [5.41, 5.74) is 16.4. The fraction of sp³-hybridized carbons (Fsp3) is 0.464. The predicted molar refractivity (Wildman–Crippen MR) is 129 cm³/mol. The summed E-state index contributed by atoms with van der Waals surface area (Å²) in [5.74, 6) is 0.258. The molecule has 0 bridgehead atoms. The third-order valence-electron chi connectivity index (χ3n) is 8.09. The van der Waals surface area contributed by atoms with Crippen LogP contribution in [0.1, 0.15) is 78.1 Å². The Morgan fingerprint density at radius 2 is 1.00 bits per heavy atom. The molecule has 0 aliphatic carbocycles. The van der Waals surface area contributed by atoms with Crippen LogP contribution >= 0.6 is 0 Å². The zero-order valence-electron chi connectivity index (χ0n) is 20.8. The second-order valence-corrected chi connectivity index (χ2v) is 9.26. The second kappa shape index (κ2) is 7.72. The highest BCUT2D eigenvalue weighted by Gasteiger charge is 2.21. The van der Waals surface area contributed by atoms with Gasteiger partial charge in [-0.2, -0.15) is 0 Å². The zero-order valence-corrected chi connectivity index (χ0v) is 20.8. The van der Waals surface area contributed by atoms with Gasteiger partial charge in [0, 0.05) is 29.6 Å². The lowest BCUT2D eigenvalue weighted by molar-refractivity contribution is 0.0976. The van der Waals surface area contributed by atoms with Gasteiger partial charge in [0.05, 0.1) is 5.52 Å². The number of carbonyl (C=O) groups is 1. The topological polar surface area (TPSA) is 22.0 Å². The number of nitrogens with zero attached hydrogens (tertiary/aromatic N) is 1. The van der Waals surface area contributed by atoms with Gasteiger partial charge in [-0.25, -0.2) is 0 Å². The summed E-state index contributed by atoms with van der Waals surface area (Å²) < 4.78 is 2.38. The van der Waals surface area contributed by atoms with Crippen molar-refractivity contribution in [3.05, 3.63) is 66.9 Å². The fourth-order valence-corrected chi connectivity index (χ4v) is 5.18. The minimum absolute atomic E-state index is 0.258. The normalized spacial score (nSPS) is 11.6. The van der Waals surface area contributed by atoms with Crippen molar-refractivity contribution in [1.29, 1.82) is 0 Å². The van der Waals surface area contributed by atoms with Crippen molar-refractivity contribution in [3.63, 3.8) is 0 Å². The van der Waals surface area contributed by atoms with Gasteiger partial charge < -0.3 is 4.57 Å². The lowest BCUT2D eigenvalue weighted by Gasteiger charge is -2.19. The van der Waals surface area contributed by atoms with E-state index in [1.165, 1.54) is 61.1 Å². The molecule has 160 valence electrons. The van der Waals surface area contributed by atoms with E-state index >= 15 is 0 Å². The van der Waals surface area contributed by atoms with Gasteiger partial charge in [0.25, 0.3) is 0 Å². The number of aryl methyl sites for hydroxylation is 4. The monoisotopic (exact) mass is 403 g/mol. The quantitative estimate of drug-likeness (QED) is 0.419. The van der Waals surface area contributed by atoms with Crippen LogP contribution < -0.4 is 0 Å². The van der Waals surface area contributed by atoms with E-state index in [9.17, 15) is 4.79 Å². The van der Waals surface area contributed by atoms with E-state index in [2.05, 4.69) is 80.7 Å². The number of hydrogen-bond donors (Lipinski definition) is 0. The van der Waals surface area contributed by atoms with Gasteiger partial charge >= 0.3 is 0 Å². The molecule has 3 aromatic rings. The third kappa shape index (κ3) is 3.12. The molecule has 0 unspecified atom stereocenters. The molecule has 0 fully saturated rings. The smallest absolute Gasteiger partial charge is 0.165 e. The Morgan fingerprint density at radius 3 is 1.53 bits per heavy atom. The van der Waals surface area contributed by atoms with Crippen LogP contribution in [0, 0.1) is 76.2 Å². The van der Waals surface area contributed by atoms with E-state index < -0.39 is 0 Å². The first kappa shape index (κ1) is 22.3. The molecule has 0 atom stereocenters. The molecule has 2 heteroatoms. The number of rotatable bonds is 4. The van der Waals surface area contributed by atoms with Crippen molar-refractivity contribution in [1.82, 2.24) is 4.57 Å². The van der Waals surface area contributed by atoms with Gasteiger partial charge in [0.15, 0.2) is 5.78 Å². The molecule has 0 aliphatic rings. The van der Waals surface area contributed by atoms with Crippen LogP contribution in [0.15, 0.2) is 0 Å². The maximum Gasteiger partial charge on any atom is 0.165 e. The lowest BCUT2D eigenvalue weighted by Crippen LogP contribution is -2.13. The number of aromatic nitrogens is 1. The lowest BCUT2D eigenvalue weighted by atomic mass is 9.87. The molecular formula is C28H37NO. The Balaban J connectivity index is 2.08. The molecule has 0 aliphatic heterocycles. The van der Waals surface area contributed by atoms with E-state index in [0.717, 1.165) is 23.2 Å². The number of Topliss-reactive ketones (excluding diaryl/α,β-unsaturated/α-hetero) is 1. The molecule has 3 rings (SSSR count). The van der Waals surface area contributed by atoms with E-state index in [0.29, 0.717) is 6.42 Å². The molecule has 0 spiro atoms. The van der Waals surface area contributed by atoms with Gasteiger partial charge in [0.2, 0.25) is 0 Å². The highest BCUT2D eigenvalue weighted by Crippen LogP contribution is 2.35. The summed E-state index contributed by atoms with van der Waals surface area (Å²) in [6, 6.07) is 0. The average molecular weight is 404 g/mol. The van der Waals surface area contributed by atoms with Crippen molar-refractivity contribution < 1.29 is 4.79 Å². The largest absolute Gasteiger partial charge is 0.344 e. The highest BCUT2D eigenvalue weighted by molar-refractivity contribution is 6.00. The van der Waals surface area contributed by atoms with Gasteiger partial charge in [-0.05, 0) is 132 Å². The Kier molecular flexibility index (Phi) is 5.75. The molecule has 0 amide bonds. The maximum atomic E-state index is 13.4. The first-order valence-electron chi connectivity index (χ1n) is 11.1. The van der Waals surface area contributed by atoms with Crippen LogP contribution in [0.2, 0.25) is 0 Å². The van der Waals surface area contributed by atoms with Crippen LogP contribution in [0.3, 0.4) is 0 Å². The summed E-state index contributed by atoms with van der Waals surface area (Å²) in [6.45, 7) is 24.7. The van der Waals surface area contributed by atoms with Crippen LogP contribution in [-0.2, 0) is 6.54 Å². The average Bonchev–Trinajstić information content (AvgIpc) is 2.96. The Hall–Kier alpha value is -2.35. The summed E-state index contributed by atoms with van der Waals surface area (Å²) in [4.78, 5) is 13.4. The number of fused-ring (bicyclic) bond motifs is 1. The third-order valence-corrected chi connectivity index (χ3v) is 8.09. The maximum absolute atomic E-state index is 13.4. The molecule has 0 radical (unpaired) electrons. The van der Waals surface area contributed by atoms with E-state index in [1.54, 1.807) is 0 Å². The molecular weight excluding hydrogens is 366 g/mol. The molecule has 0 saturated carbocycles. The molecule has 0 saturated heterocycles. The van der Waals surface area contributed by atoms with Crippen LogP contribution in [0.4, 0.5) is 0 Å². The van der Waals surface area contributed by atoms with Crippen LogP contribution in [0.5, 0.6) is 0 Å². The van der Waals surface area contributed by atoms with Crippen molar-refractivity contribution in [3.8, 4) is 0 Å². The van der Waals surface area contributed by atoms with Gasteiger partial charge in [-0.15, -0.1) is 0 Å². The van der Waals surface area contributed by atoms with Crippen molar-refractivity contribution >= 4 is 16.7 Å². The summed E-state index contributed by atoms with van der Waals surface area (Å²) in [5, 5.41) is 1.37. The SMILES string of the molecule is Cc1c(C)c(C)c(C(=O)CCn2c(C)c(C)c3c(C)c(C)c(C)c(C)c32)c(C)c1C. The molecule has 30 heavy (non-hydrogen) atoms. The van der Waals surface area contributed by atoms with Gasteiger partial charge in [0.1, 0.15) is 0 Å². The van der Waals surface area contributed by atoms with E-state index in [1.807, 2.05) is 0 Å². The Morgan fingerprint density at radius 1 is 0.567 bits per heavy atom. The fourth-order valence-electron chi connectivity index (χ4n) is 5.18. The molecule has 1 heterocycles. The van der Waals surface area contributed by atoms with Crippen LogP contribution in [0.25, 0.3) is 10.9 Å². The van der Waals surface area contributed by atoms with Gasteiger partial charge in [-0.1, -0.05) is 0 Å². The molecule has 2 aromatic carbocycles. The number of ketones is 1. The number of benzene rings is 2. The first-order valence-corrected chi connectivity index (χ1v) is 11.1. The number of hydrogen-bond acceptors (Lipinski definition) is 1.